The number of aromatic nitrogens is 1. The quantitative estimate of drug-likeness (QED) is 0.124. The third kappa shape index (κ3) is 7.76. The molecule has 10 nitrogen and oxygen atoms in total. The molecule has 0 bridgehead atoms. The number of rotatable bonds is 11. The van der Waals surface area contributed by atoms with Crippen molar-refractivity contribution < 1.29 is 28.5 Å². The van der Waals surface area contributed by atoms with Gasteiger partial charge in [0.05, 0.1) is 51.8 Å². The lowest BCUT2D eigenvalue weighted by Gasteiger charge is -2.25. The maximum Gasteiger partial charge on any atom is 0.338 e. The van der Waals surface area contributed by atoms with E-state index in [4.69, 9.17) is 23.9 Å². The van der Waals surface area contributed by atoms with Crippen molar-refractivity contribution >= 4 is 57.6 Å². The SMILES string of the molecule is CCOC(=O)c1ccc(COc2c(I)cc(/C=c3\sc4n(c3=O)[C@H](c3cccc(OC)c3)C(C(=O)Nc3ccccc3)=C(C)N=4)cc2OC)cc1. The summed E-state index contributed by atoms with van der Waals surface area (Å²) in [4.78, 5) is 45.4. The molecule has 1 aromatic heterocycles. The molecule has 2 heterocycles. The summed E-state index contributed by atoms with van der Waals surface area (Å²) in [6, 6.07) is 26.5. The number of carbonyl (C=O) groups excluding carboxylic acids is 2. The Balaban J connectivity index is 1.35. The molecule has 6 rings (SSSR count). The van der Waals surface area contributed by atoms with E-state index in [9.17, 15) is 14.4 Å². The van der Waals surface area contributed by atoms with Crippen LogP contribution in [-0.4, -0.2) is 37.3 Å². The Kier molecular flexibility index (Phi) is 11.0. The van der Waals surface area contributed by atoms with Crippen LogP contribution in [0.1, 0.15) is 46.9 Å². The molecule has 1 atom stereocenters. The van der Waals surface area contributed by atoms with Crippen LogP contribution in [0.3, 0.4) is 0 Å². The first kappa shape index (κ1) is 35.6. The minimum atomic E-state index is -0.751. The molecule has 12 heteroatoms. The Morgan fingerprint density at radius 2 is 1.75 bits per heavy atom. The summed E-state index contributed by atoms with van der Waals surface area (Å²) in [5.74, 6) is 0.922. The number of benzene rings is 4. The first-order valence-corrected chi connectivity index (χ1v) is 17.9. The molecule has 4 aromatic carbocycles. The van der Waals surface area contributed by atoms with Gasteiger partial charge < -0.3 is 24.3 Å². The van der Waals surface area contributed by atoms with Gasteiger partial charge in [-0.1, -0.05) is 53.8 Å². The van der Waals surface area contributed by atoms with Gasteiger partial charge in [0.1, 0.15) is 12.4 Å². The van der Waals surface area contributed by atoms with Crippen LogP contribution >= 0.6 is 33.9 Å². The smallest absolute Gasteiger partial charge is 0.338 e. The van der Waals surface area contributed by atoms with E-state index in [1.165, 1.54) is 11.3 Å². The summed E-state index contributed by atoms with van der Waals surface area (Å²) in [5.41, 5.74) is 3.99. The lowest BCUT2D eigenvalue weighted by Crippen LogP contribution is -2.40. The van der Waals surface area contributed by atoms with Gasteiger partial charge in [0, 0.05) is 5.69 Å². The number of halogens is 1. The molecule has 5 aromatic rings. The van der Waals surface area contributed by atoms with Crippen molar-refractivity contribution in [3.63, 3.8) is 0 Å². The standard InChI is InChI=1S/C39H34IN3O7S/c1-5-49-38(46)26-16-14-24(15-17-26)22-50-35-30(40)18-25(19-31(35)48-4)20-32-37(45)43-34(27-10-9-13-29(21-27)47-3)33(23(2)41-39(43)51-32)36(44)42-28-11-7-6-8-12-28/h6-21,34H,5,22H2,1-4H3,(H,42,44)/b32-20-/t34-/m1/s1. The summed E-state index contributed by atoms with van der Waals surface area (Å²) in [6.45, 7) is 4.11. The van der Waals surface area contributed by atoms with Crippen molar-refractivity contribution in [1.82, 2.24) is 4.57 Å². The normalized spacial score (nSPS) is 14.0. The number of methoxy groups -OCH3 is 2. The molecule has 0 radical (unpaired) electrons. The van der Waals surface area contributed by atoms with Crippen molar-refractivity contribution in [3.05, 3.63) is 148 Å². The van der Waals surface area contributed by atoms with Gasteiger partial charge in [0.25, 0.3) is 11.5 Å². The number of nitrogens with zero attached hydrogens (tertiary/aromatic N) is 2. The number of esters is 1. The molecule has 51 heavy (non-hydrogen) atoms. The predicted octanol–water partition coefficient (Wildman–Crippen LogP) is 6.25. The zero-order chi connectivity index (χ0) is 36.1. The van der Waals surface area contributed by atoms with Gasteiger partial charge in [-0.15, -0.1) is 0 Å². The van der Waals surface area contributed by atoms with Gasteiger partial charge >= 0.3 is 5.97 Å². The van der Waals surface area contributed by atoms with Gasteiger partial charge in [-0.05, 0) is 108 Å². The van der Waals surface area contributed by atoms with Crippen LogP contribution in [0.25, 0.3) is 6.08 Å². The molecular formula is C39H34IN3O7S. The highest BCUT2D eigenvalue weighted by atomic mass is 127. The second-order valence-electron chi connectivity index (χ2n) is 11.4. The number of ether oxygens (including phenoxy) is 4. The van der Waals surface area contributed by atoms with Gasteiger partial charge in [0.15, 0.2) is 16.3 Å². The molecule has 260 valence electrons. The van der Waals surface area contributed by atoms with Gasteiger partial charge in [-0.25, -0.2) is 9.79 Å². The lowest BCUT2D eigenvalue weighted by atomic mass is 9.95. The first-order chi connectivity index (χ1) is 24.7. The summed E-state index contributed by atoms with van der Waals surface area (Å²) in [7, 11) is 3.13. The van der Waals surface area contributed by atoms with Crippen LogP contribution < -0.4 is 34.4 Å². The fraction of sp³-hybridized carbons (Fsp3) is 0.179. The number of fused-ring (bicyclic) bond motifs is 1. The van der Waals surface area contributed by atoms with E-state index in [-0.39, 0.29) is 24.0 Å². The second kappa shape index (κ2) is 15.8. The van der Waals surface area contributed by atoms with E-state index in [2.05, 4.69) is 27.9 Å². The number of para-hydroxylation sites is 1. The molecular weight excluding hydrogens is 781 g/mol. The Bertz CT molecular complexity index is 2320. The summed E-state index contributed by atoms with van der Waals surface area (Å²) in [5, 5.41) is 2.97. The van der Waals surface area contributed by atoms with Crippen LogP contribution in [0.4, 0.5) is 5.69 Å². The number of nitrogens with one attached hydrogen (secondary N) is 1. The highest BCUT2D eigenvalue weighted by Crippen LogP contribution is 2.35. The Morgan fingerprint density at radius 3 is 2.45 bits per heavy atom. The van der Waals surface area contributed by atoms with Crippen LogP contribution in [0.15, 0.2) is 112 Å². The average Bonchev–Trinajstić information content (AvgIpc) is 3.44. The molecule has 0 aliphatic carbocycles. The number of hydrogen-bond donors (Lipinski definition) is 1. The fourth-order valence-electron chi connectivity index (χ4n) is 5.68. The summed E-state index contributed by atoms with van der Waals surface area (Å²) < 4.78 is 25.2. The molecule has 0 unspecified atom stereocenters. The third-order valence-electron chi connectivity index (χ3n) is 8.11. The molecule has 0 saturated carbocycles. The van der Waals surface area contributed by atoms with Crippen molar-refractivity contribution in [3.8, 4) is 17.2 Å². The zero-order valence-corrected chi connectivity index (χ0v) is 31.2. The number of allylic oxidation sites excluding steroid dienone is 1. The van der Waals surface area contributed by atoms with Crippen molar-refractivity contribution in [1.29, 1.82) is 0 Å². The van der Waals surface area contributed by atoms with E-state index >= 15 is 0 Å². The minimum absolute atomic E-state index is 0.247. The first-order valence-electron chi connectivity index (χ1n) is 16.0. The van der Waals surface area contributed by atoms with E-state index in [0.717, 1.165) is 14.7 Å². The van der Waals surface area contributed by atoms with Crippen LogP contribution in [0, 0.1) is 3.57 Å². The number of anilines is 1. The summed E-state index contributed by atoms with van der Waals surface area (Å²) in [6.07, 6.45) is 1.79. The number of carbonyl (C=O) groups is 2. The Labute approximate surface area is 311 Å². The number of amides is 1. The third-order valence-corrected chi connectivity index (χ3v) is 9.89. The van der Waals surface area contributed by atoms with Crippen LogP contribution in [0.2, 0.25) is 0 Å². The molecule has 0 fully saturated rings. The van der Waals surface area contributed by atoms with E-state index in [1.54, 1.807) is 63.0 Å². The molecule has 1 N–H and O–H groups in total. The van der Waals surface area contributed by atoms with E-state index in [0.29, 0.717) is 61.3 Å². The molecule has 1 aliphatic heterocycles. The fourth-order valence-corrected chi connectivity index (χ4v) is 7.51. The van der Waals surface area contributed by atoms with Crippen molar-refractivity contribution in [2.75, 3.05) is 26.1 Å². The van der Waals surface area contributed by atoms with Crippen molar-refractivity contribution in [2.45, 2.75) is 26.5 Å². The molecule has 1 aliphatic rings. The van der Waals surface area contributed by atoms with Gasteiger partial charge in [-0.3, -0.25) is 14.2 Å². The monoisotopic (exact) mass is 815 g/mol. The van der Waals surface area contributed by atoms with Gasteiger partial charge in [0.2, 0.25) is 0 Å². The summed E-state index contributed by atoms with van der Waals surface area (Å²) >= 11 is 3.43. The maximum atomic E-state index is 14.3. The molecule has 0 saturated heterocycles. The highest BCUT2D eigenvalue weighted by Gasteiger charge is 2.33. The van der Waals surface area contributed by atoms with E-state index < -0.39 is 6.04 Å². The molecule has 1 amide bonds. The van der Waals surface area contributed by atoms with Crippen LogP contribution in [0.5, 0.6) is 17.2 Å². The predicted molar refractivity (Wildman–Crippen MR) is 204 cm³/mol. The van der Waals surface area contributed by atoms with Crippen LogP contribution in [-0.2, 0) is 16.1 Å². The average molecular weight is 816 g/mol. The Hall–Kier alpha value is -5.21. The second-order valence-corrected chi connectivity index (χ2v) is 13.6. The minimum Gasteiger partial charge on any atom is -0.497 e. The topological polar surface area (TPSA) is 117 Å². The zero-order valence-electron chi connectivity index (χ0n) is 28.3. The number of thiazole rings is 1. The number of hydrogen-bond acceptors (Lipinski definition) is 9. The van der Waals surface area contributed by atoms with Gasteiger partial charge in [-0.2, -0.15) is 0 Å². The highest BCUT2D eigenvalue weighted by molar-refractivity contribution is 14.1. The lowest BCUT2D eigenvalue weighted by molar-refractivity contribution is -0.113. The van der Waals surface area contributed by atoms with Crippen molar-refractivity contribution in [2.24, 2.45) is 4.99 Å². The Morgan fingerprint density at radius 1 is 0.980 bits per heavy atom. The van der Waals surface area contributed by atoms with E-state index in [1.807, 2.05) is 66.7 Å². The maximum absolute atomic E-state index is 14.3. The molecule has 0 spiro atoms. The largest absolute Gasteiger partial charge is 0.497 e.